The lowest BCUT2D eigenvalue weighted by molar-refractivity contribution is -0.137. The van der Waals surface area contributed by atoms with Crippen molar-refractivity contribution in [3.8, 4) is 11.5 Å². The van der Waals surface area contributed by atoms with Crippen LogP contribution < -0.4 is 15.0 Å². The molecule has 9 nitrogen and oxygen atoms in total. The summed E-state index contributed by atoms with van der Waals surface area (Å²) in [5.74, 6) is 1.02. The van der Waals surface area contributed by atoms with Gasteiger partial charge in [0, 0.05) is 40.6 Å². The summed E-state index contributed by atoms with van der Waals surface area (Å²) in [5.41, 5.74) is 0.769. The molecular formula is C25H26BrClN4O5. The van der Waals surface area contributed by atoms with Gasteiger partial charge < -0.3 is 19.1 Å². The van der Waals surface area contributed by atoms with Crippen molar-refractivity contribution in [2.45, 2.75) is 19.8 Å². The first-order chi connectivity index (χ1) is 17.4. The van der Waals surface area contributed by atoms with Crippen molar-refractivity contribution in [3.63, 3.8) is 0 Å². The number of methoxy groups -OCH3 is 1. The van der Waals surface area contributed by atoms with Gasteiger partial charge in [-0.3, -0.25) is 9.59 Å². The number of hydrogen-bond donors (Lipinski definition) is 0. The fourth-order valence-corrected chi connectivity index (χ4v) is 4.43. The van der Waals surface area contributed by atoms with Crippen LogP contribution in [0.3, 0.4) is 0 Å². The van der Waals surface area contributed by atoms with E-state index in [0.29, 0.717) is 71.5 Å². The Balaban J connectivity index is 1.71. The second kappa shape index (κ2) is 11.9. The van der Waals surface area contributed by atoms with Crippen molar-refractivity contribution in [1.29, 1.82) is 0 Å². The summed E-state index contributed by atoms with van der Waals surface area (Å²) in [6, 6.07) is 8.60. The van der Waals surface area contributed by atoms with Crippen molar-refractivity contribution >= 4 is 50.6 Å². The minimum atomic E-state index is -0.292. The van der Waals surface area contributed by atoms with Crippen LogP contribution in [-0.4, -0.2) is 66.7 Å². The molecule has 0 radical (unpaired) electrons. The zero-order chi connectivity index (χ0) is 25.7. The topological polar surface area (TPSA) is 95.2 Å². The third-order valence-corrected chi connectivity index (χ3v) is 6.34. The molecule has 36 heavy (non-hydrogen) atoms. The third kappa shape index (κ3) is 5.88. The fraction of sp³-hybridized carbons (Fsp3) is 0.360. The molecule has 1 fully saturated rings. The molecule has 0 aliphatic carbocycles. The lowest BCUT2D eigenvalue weighted by Crippen LogP contribution is -2.43. The van der Waals surface area contributed by atoms with Crippen LogP contribution in [0.2, 0.25) is 5.02 Å². The maximum absolute atomic E-state index is 13.3. The van der Waals surface area contributed by atoms with Crippen molar-refractivity contribution < 1.29 is 19.0 Å². The van der Waals surface area contributed by atoms with Gasteiger partial charge in [-0.2, -0.15) is 9.78 Å². The molecule has 1 aromatic heterocycles. The van der Waals surface area contributed by atoms with Gasteiger partial charge in [0.15, 0.2) is 18.1 Å². The summed E-state index contributed by atoms with van der Waals surface area (Å²) in [6.45, 7) is 3.85. The number of fused-ring (bicyclic) bond motifs is 1. The van der Waals surface area contributed by atoms with E-state index in [1.807, 2.05) is 13.0 Å². The Morgan fingerprint density at radius 3 is 2.78 bits per heavy atom. The highest BCUT2D eigenvalue weighted by Gasteiger charge is 2.20. The van der Waals surface area contributed by atoms with Gasteiger partial charge in [-0.15, -0.1) is 0 Å². The van der Waals surface area contributed by atoms with Gasteiger partial charge in [-0.05, 0) is 30.7 Å². The molecule has 1 aliphatic rings. The van der Waals surface area contributed by atoms with Crippen LogP contribution >= 0.6 is 27.5 Å². The number of carbonyl (C=O) groups excluding carboxylic acids is 1. The number of benzene rings is 2. The summed E-state index contributed by atoms with van der Waals surface area (Å²) in [6.07, 6.45) is 2.82. The Labute approximate surface area is 221 Å². The molecule has 0 saturated carbocycles. The summed E-state index contributed by atoms with van der Waals surface area (Å²) in [4.78, 5) is 32.3. The summed E-state index contributed by atoms with van der Waals surface area (Å²) < 4.78 is 18.7. The van der Waals surface area contributed by atoms with E-state index in [0.717, 1.165) is 10.9 Å². The van der Waals surface area contributed by atoms with Gasteiger partial charge >= 0.3 is 0 Å². The molecule has 0 N–H and O–H groups in total. The Kier molecular flexibility index (Phi) is 8.60. The SMILES string of the molecule is CCCc1nc2ccc(Br)cc2c(=O)n1N=Cc1cc(Cl)cc(OC)c1OCC(=O)N1CCOCC1. The number of ether oxygens (including phenoxy) is 3. The first-order valence-electron chi connectivity index (χ1n) is 11.5. The molecule has 0 bridgehead atoms. The quantitative estimate of drug-likeness (QED) is 0.377. The smallest absolute Gasteiger partial charge is 0.282 e. The summed E-state index contributed by atoms with van der Waals surface area (Å²) in [7, 11) is 1.48. The number of aryl methyl sites for hydroxylation is 1. The van der Waals surface area contributed by atoms with Gasteiger partial charge in [-0.1, -0.05) is 34.5 Å². The van der Waals surface area contributed by atoms with Gasteiger partial charge in [0.2, 0.25) is 0 Å². The van der Waals surface area contributed by atoms with Crippen LogP contribution in [0, 0.1) is 0 Å². The molecule has 1 aliphatic heterocycles. The number of morpholine rings is 1. The number of nitrogens with zero attached hydrogens (tertiary/aromatic N) is 4. The number of hydrogen-bond acceptors (Lipinski definition) is 7. The number of amides is 1. The van der Waals surface area contributed by atoms with E-state index in [2.05, 4.69) is 26.0 Å². The van der Waals surface area contributed by atoms with Crippen LogP contribution in [0.15, 0.2) is 44.7 Å². The minimum absolute atomic E-state index is 0.163. The molecule has 1 saturated heterocycles. The lowest BCUT2D eigenvalue weighted by atomic mass is 10.2. The zero-order valence-corrected chi connectivity index (χ0v) is 22.3. The van der Waals surface area contributed by atoms with E-state index in [9.17, 15) is 9.59 Å². The molecule has 2 heterocycles. The van der Waals surface area contributed by atoms with E-state index in [4.69, 9.17) is 25.8 Å². The molecule has 2 aromatic carbocycles. The Morgan fingerprint density at radius 1 is 1.28 bits per heavy atom. The maximum atomic E-state index is 13.3. The summed E-state index contributed by atoms with van der Waals surface area (Å²) in [5, 5.41) is 5.30. The monoisotopic (exact) mass is 576 g/mol. The summed E-state index contributed by atoms with van der Waals surface area (Å²) >= 11 is 9.71. The van der Waals surface area contributed by atoms with Crippen LogP contribution in [0.4, 0.5) is 0 Å². The second-order valence-corrected chi connectivity index (χ2v) is 9.46. The molecule has 190 valence electrons. The van der Waals surface area contributed by atoms with Crippen molar-refractivity contribution in [1.82, 2.24) is 14.6 Å². The second-order valence-electron chi connectivity index (χ2n) is 8.11. The highest BCUT2D eigenvalue weighted by Crippen LogP contribution is 2.34. The van der Waals surface area contributed by atoms with Gasteiger partial charge in [0.05, 0.1) is 37.4 Å². The number of rotatable bonds is 8. The fourth-order valence-electron chi connectivity index (χ4n) is 3.85. The van der Waals surface area contributed by atoms with Gasteiger partial charge in [-0.25, -0.2) is 4.98 Å². The highest BCUT2D eigenvalue weighted by atomic mass is 79.9. The molecule has 11 heteroatoms. The van der Waals surface area contributed by atoms with E-state index in [-0.39, 0.29) is 18.1 Å². The Morgan fingerprint density at radius 2 is 2.06 bits per heavy atom. The molecule has 4 rings (SSSR count). The number of carbonyl (C=O) groups is 1. The zero-order valence-electron chi connectivity index (χ0n) is 20.0. The van der Waals surface area contributed by atoms with Crippen LogP contribution in [-0.2, 0) is 16.0 Å². The predicted molar refractivity (Wildman–Crippen MR) is 142 cm³/mol. The van der Waals surface area contributed by atoms with Crippen molar-refractivity contribution in [3.05, 3.63) is 61.6 Å². The van der Waals surface area contributed by atoms with E-state index >= 15 is 0 Å². The largest absolute Gasteiger partial charge is 0.493 e. The lowest BCUT2D eigenvalue weighted by Gasteiger charge is -2.27. The molecule has 0 atom stereocenters. The molecule has 3 aromatic rings. The van der Waals surface area contributed by atoms with Crippen LogP contribution in [0.5, 0.6) is 11.5 Å². The number of aromatic nitrogens is 2. The maximum Gasteiger partial charge on any atom is 0.282 e. The molecular weight excluding hydrogens is 552 g/mol. The average molecular weight is 578 g/mol. The minimum Gasteiger partial charge on any atom is -0.493 e. The first-order valence-corrected chi connectivity index (χ1v) is 12.7. The van der Waals surface area contributed by atoms with Crippen molar-refractivity contribution in [2.24, 2.45) is 5.10 Å². The normalized spacial score (nSPS) is 13.9. The van der Waals surface area contributed by atoms with E-state index < -0.39 is 0 Å². The standard InChI is InChI=1S/C25H26BrClN4O5/c1-3-4-22-29-20-6-5-17(26)12-19(20)25(33)31(22)28-14-16-11-18(27)13-21(34-2)24(16)36-15-23(32)30-7-9-35-10-8-30/h5-6,11-14H,3-4,7-10,15H2,1-2H3. The van der Waals surface area contributed by atoms with E-state index in [1.165, 1.54) is 18.0 Å². The molecule has 0 spiro atoms. The van der Waals surface area contributed by atoms with E-state index in [1.54, 1.807) is 29.2 Å². The van der Waals surface area contributed by atoms with Crippen LogP contribution in [0.1, 0.15) is 24.7 Å². The van der Waals surface area contributed by atoms with Gasteiger partial charge in [0.1, 0.15) is 5.82 Å². The Hall–Kier alpha value is -2.95. The first kappa shape index (κ1) is 26.1. The Bertz CT molecular complexity index is 1350. The van der Waals surface area contributed by atoms with Crippen molar-refractivity contribution in [2.75, 3.05) is 40.0 Å². The average Bonchev–Trinajstić information content (AvgIpc) is 2.88. The molecule has 1 amide bonds. The predicted octanol–water partition coefficient (Wildman–Crippen LogP) is 3.89. The van der Waals surface area contributed by atoms with Crippen LogP contribution in [0.25, 0.3) is 10.9 Å². The third-order valence-electron chi connectivity index (χ3n) is 5.63. The molecule has 0 unspecified atom stereocenters. The number of halogens is 2. The van der Waals surface area contributed by atoms with Gasteiger partial charge in [0.25, 0.3) is 11.5 Å². The highest BCUT2D eigenvalue weighted by molar-refractivity contribution is 9.10.